The van der Waals surface area contributed by atoms with Crippen LogP contribution in [0.2, 0.25) is 0 Å². The molecule has 0 aliphatic heterocycles. The molecule has 194 valence electrons. The van der Waals surface area contributed by atoms with Gasteiger partial charge in [-0.15, -0.1) is 0 Å². The van der Waals surface area contributed by atoms with Crippen molar-refractivity contribution in [3.05, 3.63) is 23.5 Å². The van der Waals surface area contributed by atoms with Gasteiger partial charge in [0.1, 0.15) is 18.0 Å². The Labute approximate surface area is 234 Å². The zero-order valence-electron chi connectivity index (χ0n) is 22.4. The van der Waals surface area contributed by atoms with Gasteiger partial charge in [-0.2, -0.15) is 0 Å². The number of methoxy groups -OCH3 is 1. The molecule has 0 radical (unpaired) electrons. The molecule has 0 spiro atoms. The van der Waals surface area contributed by atoms with Crippen LogP contribution in [0.15, 0.2) is 23.5 Å². The third-order valence-electron chi connectivity index (χ3n) is 9.38. The summed E-state index contributed by atoms with van der Waals surface area (Å²) in [4.78, 5) is 49.0. The zero-order chi connectivity index (χ0) is 25.8. The van der Waals surface area contributed by atoms with Crippen molar-refractivity contribution in [2.24, 2.45) is 28.6 Å². The molecule has 7 atom stereocenters. The Morgan fingerprint density at radius 3 is 2.44 bits per heavy atom. The number of ether oxygens (including phenoxy) is 2. The average Bonchev–Trinajstić information content (AvgIpc) is 3.08. The summed E-state index contributed by atoms with van der Waals surface area (Å²) in [5, 5.41) is 32.4. The van der Waals surface area contributed by atoms with E-state index in [1.807, 2.05) is 13.8 Å². The van der Waals surface area contributed by atoms with E-state index in [9.17, 15) is 34.5 Å². The number of esters is 2. The maximum Gasteiger partial charge on any atom is 1.00 e. The number of ketones is 2. The van der Waals surface area contributed by atoms with E-state index in [2.05, 4.69) is 4.74 Å². The number of aliphatic hydroxyl groups is 3. The molecule has 0 aromatic heterocycles. The van der Waals surface area contributed by atoms with Gasteiger partial charge in [0.05, 0.1) is 31.5 Å². The fourth-order valence-electron chi connectivity index (χ4n) is 7.61. The van der Waals surface area contributed by atoms with E-state index in [4.69, 9.17) is 4.74 Å². The van der Waals surface area contributed by atoms with Crippen LogP contribution in [-0.4, -0.2) is 64.2 Å². The number of aliphatic hydroxyl groups excluding tert-OH is 2. The van der Waals surface area contributed by atoms with Crippen LogP contribution < -0.4 is 29.6 Å². The molecule has 4 aliphatic rings. The number of allylic oxidation sites excluding steroid dienone is 3. The topological polar surface area (TPSA) is 147 Å². The largest absolute Gasteiger partial charge is 1.00 e. The molecular formula is C26H35NaO9. The van der Waals surface area contributed by atoms with Crippen molar-refractivity contribution < 1.29 is 75.0 Å². The van der Waals surface area contributed by atoms with Gasteiger partial charge in [-0.25, -0.2) is 0 Å². The Balaban J connectivity index is 0.00000241. The molecule has 0 saturated heterocycles. The summed E-state index contributed by atoms with van der Waals surface area (Å²) >= 11 is 0. The molecule has 9 nitrogen and oxygen atoms in total. The number of rotatable bonds is 6. The van der Waals surface area contributed by atoms with E-state index in [1.54, 1.807) is 6.08 Å². The minimum absolute atomic E-state index is 0. The van der Waals surface area contributed by atoms with Crippen LogP contribution >= 0.6 is 0 Å². The Hall–Kier alpha value is -1.36. The van der Waals surface area contributed by atoms with E-state index in [0.29, 0.717) is 19.3 Å². The van der Waals surface area contributed by atoms with Crippen LogP contribution in [0.4, 0.5) is 0 Å². The third-order valence-corrected chi connectivity index (χ3v) is 9.38. The number of hydrogen-bond donors (Lipinski definition) is 3. The minimum atomic E-state index is -1.71. The predicted octanol–water partition coefficient (Wildman–Crippen LogP) is -1.50. The van der Waals surface area contributed by atoms with Crippen molar-refractivity contribution in [2.45, 2.75) is 70.5 Å². The number of carbonyl (C=O) groups is 4. The van der Waals surface area contributed by atoms with Crippen LogP contribution in [0.3, 0.4) is 0 Å². The summed E-state index contributed by atoms with van der Waals surface area (Å²) in [5.74, 6) is -2.58. The molecule has 0 bridgehead atoms. The fourth-order valence-corrected chi connectivity index (χ4v) is 7.61. The first-order valence-electron chi connectivity index (χ1n) is 12.2. The molecule has 4 aliphatic carbocycles. The van der Waals surface area contributed by atoms with Crippen LogP contribution in [0.1, 0.15) is 60.2 Å². The maximum absolute atomic E-state index is 12.6. The second-order valence-electron chi connectivity index (χ2n) is 10.8. The first kappa shape index (κ1) is 29.2. The van der Waals surface area contributed by atoms with E-state index >= 15 is 0 Å². The first-order valence-corrected chi connectivity index (χ1v) is 12.2. The van der Waals surface area contributed by atoms with Crippen molar-refractivity contribution in [1.82, 2.24) is 0 Å². The third kappa shape index (κ3) is 4.35. The minimum Gasteiger partial charge on any atom is -1.00 e. The molecule has 3 N–H and O–H groups in total. The van der Waals surface area contributed by atoms with Crippen molar-refractivity contribution in [3.8, 4) is 0 Å². The smallest absolute Gasteiger partial charge is 1.00 e. The van der Waals surface area contributed by atoms with Crippen LogP contribution in [0.25, 0.3) is 0 Å². The monoisotopic (exact) mass is 514 g/mol. The van der Waals surface area contributed by atoms with E-state index in [1.165, 1.54) is 13.2 Å². The Kier molecular flexibility index (Phi) is 8.45. The van der Waals surface area contributed by atoms with Crippen molar-refractivity contribution in [2.75, 3.05) is 13.7 Å². The van der Waals surface area contributed by atoms with Crippen LogP contribution in [0.5, 0.6) is 0 Å². The molecule has 4 rings (SSSR count). The first-order chi connectivity index (χ1) is 16.4. The standard InChI is InChI=1S/C26H34O9.Na.H/c1-24-12-18(29)23-16(17(24)8-9-26(24,33)19(30)13-27)5-4-14-10-15(28)11-20(25(14,23)2)35-22(32)7-6-21(31)34-3;;/h10-11,16-18,23,27,29,33H,4-9,12-13H2,1-3H3;;/q;+1;-1/t16-,17-,18-,23+,24-,25+,26-;;/m0../s1. The summed E-state index contributed by atoms with van der Waals surface area (Å²) in [7, 11) is 1.23. The molecule has 0 aromatic rings. The number of carbonyl (C=O) groups excluding carboxylic acids is 4. The maximum atomic E-state index is 12.6. The fraction of sp³-hybridized carbons (Fsp3) is 0.692. The molecule has 3 fully saturated rings. The normalized spacial score (nSPS) is 38.9. The second kappa shape index (κ2) is 10.4. The van der Waals surface area contributed by atoms with Gasteiger partial charge < -0.3 is 26.2 Å². The van der Waals surface area contributed by atoms with Crippen LogP contribution in [-0.2, 0) is 28.7 Å². The van der Waals surface area contributed by atoms with Gasteiger partial charge in [0.25, 0.3) is 0 Å². The summed E-state index contributed by atoms with van der Waals surface area (Å²) in [6.45, 7) is 2.93. The van der Waals surface area contributed by atoms with Gasteiger partial charge in [-0.1, -0.05) is 12.5 Å². The van der Waals surface area contributed by atoms with E-state index in [-0.39, 0.29) is 80.0 Å². The SMILES string of the molecule is COC(=O)CCC(=O)OC1=CC(=O)C=C2CC[C@@H]3[C@H]([C@@H](O)C[C@@]4(C)[C@H]3CC[C@]4(O)C(=O)CO)[C@]21C.[H-].[Na+]. The van der Waals surface area contributed by atoms with Gasteiger partial charge in [0.2, 0.25) is 0 Å². The number of hydrogen-bond acceptors (Lipinski definition) is 9. The molecule has 0 heterocycles. The predicted molar refractivity (Wildman–Crippen MR) is 122 cm³/mol. The summed E-state index contributed by atoms with van der Waals surface area (Å²) < 4.78 is 10.2. The van der Waals surface area contributed by atoms with Gasteiger partial charge in [-0.3, -0.25) is 19.2 Å². The summed E-state index contributed by atoms with van der Waals surface area (Å²) in [5.41, 5.74) is -2.77. The molecular weight excluding hydrogens is 479 g/mol. The van der Waals surface area contributed by atoms with Crippen molar-refractivity contribution in [3.63, 3.8) is 0 Å². The quantitative estimate of drug-likeness (QED) is 0.285. The molecule has 3 saturated carbocycles. The Morgan fingerprint density at radius 1 is 1.14 bits per heavy atom. The number of Topliss-reactive ketones (excluding diaryl/α,β-unsaturated/α-hetero) is 1. The van der Waals surface area contributed by atoms with E-state index in [0.717, 1.165) is 5.57 Å². The summed E-state index contributed by atoms with van der Waals surface area (Å²) in [6.07, 6.45) is 3.65. The van der Waals surface area contributed by atoms with Gasteiger partial charge in [0.15, 0.2) is 11.6 Å². The molecule has 0 unspecified atom stereocenters. The Bertz CT molecular complexity index is 1030. The van der Waals surface area contributed by atoms with Gasteiger partial charge in [0, 0.05) is 17.4 Å². The molecule has 0 amide bonds. The van der Waals surface area contributed by atoms with E-state index < -0.39 is 52.8 Å². The average molecular weight is 515 g/mol. The summed E-state index contributed by atoms with van der Waals surface area (Å²) in [6, 6.07) is 0. The van der Waals surface area contributed by atoms with Crippen LogP contribution in [0, 0.1) is 28.6 Å². The number of fused-ring (bicyclic) bond motifs is 5. The van der Waals surface area contributed by atoms with Crippen molar-refractivity contribution in [1.29, 1.82) is 0 Å². The molecule has 10 heteroatoms. The van der Waals surface area contributed by atoms with Crippen molar-refractivity contribution >= 4 is 23.5 Å². The zero-order valence-corrected chi connectivity index (χ0v) is 23.4. The molecule has 36 heavy (non-hydrogen) atoms. The Morgan fingerprint density at radius 2 is 1.81 bits per heavy atom. The molecule has 0 aromatic carbocycles. The second-order valence-corrected chi connectivity index (χ2v) is 10.8. The van der Waals surface area contributed by atoms with Gasteiger partial charge in [-0.05, 0) is 56.9 Å². The van der Waals surface area contributed by atoms with Gasteiger partial charge >= 0.3 is 41.5 Å².